The average Bonchev–Trinajstić information content (AvgIpc) is 2.94. The first kappa shape index (κ1) is 23.2. The van der Waals surface area contributed by atoms with E-state index in [0.29, 0.717) is 10.0 Å². The number of halogens is 9. The lowest BCUT2D eigenvalue weighted by Gasteiger charge is -2.33. The minimum absolute atomic E-state index is 0.0189. The van der Waals surface area contributed by atoms with Gasteiger partial charge in [-0.1, -0.05) is 45.2 Å². The predicted octanol–water partition coefficient (Wildman–Crippen LogP) is 7.33. The number of aromatic amines is 1. The third-order valence-corrected chi connectivity index (χ3v) is 5.54. The summed E-state index contributed by atoms with van der Waals surface area (Å²) in [6.07, 6.45) is -12.2. The van der Waals surface area contributed by atoms with Crippen LogP contribution in [0.5, 0.6) is 0 Å². The summed E-state index contributed by atoms with van der Waals surface area (Å²) in [6, 6.07) is 8.19. The van der Waals surface area contributed by atoms with Crippen molar-refractivity contribution in [1.82, 2.24) is 4.98 Å². The van der Waals surface area contributed by atoms with Crippen LogP contribution in [0.4, 0.5) is 26.3 Å². The van der Waals surface area contributed by atoms with Gasteiger partial charge in [0.2, 0.25) is 0 Å². The van der Waals surface area contributed by atoms with Crippen molar-refractivity contribution in [3.05, 3.63) is 67.7 Å². The molecule has 0 spiro atoms. The number of H-pyrrole nitrogens is 1. The van der Waals surface area contributed by atoms with Crippen molar-refractivity contribution in [2.24, 2.45) is 0 Å². The van der Waals surface area contributed by atoms with E-state index in [0.717, 1.165) is 6.07 Å². The second-order valence-corrected chi connectivity index (χ2v) is 8.44. The minimum Gasteiger partial charge on any atom is -0.369 e. The van der Waals surface area contributed by atoms with E-state index in [9.17, 15) is 31.4 Å². The maximum atomic E-state index is 13.6. The lowest BCUT2D eigenvalue weighted by atomic mass is 9.88. The molecule has 0 unspecified atom stereocenters. The molecule has 0 radical (unpaired) electrons. The molecule has 0 saturated carbocycles. The maximum absolute atomic E-state index is 13.6. The molecule has 30 heavy (non-hydrogen) atoms. The Morgan fingerprint density at radius 3 is 1.97 bits per heavy atom. The zero-order chi connectivity index (χ0) is 22.5. The number of hydrogen-bond donors (Lipinski definition) is 2. The molecular formula is C19H12BrCl2F6NO. The quantitative estimate of drug-likeness (QED) is 0.338. The highest BCUT2D eigenvalue weighted by atomic mass is 79.9. The number of aliphatic hydroxyl groups is 1. The summed E-state index contributed by atoms with van der Waals surface area (Å²) in [5, 5.41) is 10.2. The highest BCUT2D eigenvalue weighted by Gasteiger charge is 2.72. The standard InChI is InChI=1S/C19H12BrCl2F6NO/c20-10-2-3-13-15(7-10)29-14(4-1-9-5-11(21)8-12(22)6-9)16(13)17(30,18(23,24)25)19(26,27)28/h2-3,5-8,29-30H,1,4H2. The number of fused-ring (bicyclic) bond motifs is 1. The maximum Gasteiger partial charge on any atom is 0.430 e. The molecule has 0 aliphatic rings. The molecule has 2 aromatic carbocycles. The minimum atomic E-state index is -6.00. The van der Waals surface area contributed by atoms with E-state index in [-0.39, 0.29) is 33.8 Å². The molecule has 0 bridgehead atoms. The molecule has 0 amide bonds. The van der Waals surface area contributed by atoms with Crippen LogP contribution >= 0.6 is 39.1 Å². The smallest absolute Gasteiger partial charge is 0.369 e. The van der Waals surface area contributed by atoms with Gasteiger partial charge in [0.15, 0.2) is 0 Å². The van der Waals surface area contributed by atoms with Crippen molar-refractivity contribution < 1.29 is 31.4 Å². The summed E-state index contributed by atoms with van der Waals surface area (Å²) in [6.45, 7) is 0. The van der Waals surface area contributed by atoms with Crippen LogP contribution in [0.3, 0.4) is 0 Å². The Morgan fingerprint density at radius 2 is 1.43 bits per heavy atom. The fraction of sp³-hybridized carbons (Fsp3) is 0.263. The monoisotopic (exact) mass is 533 g/mol. The van der Waals surface area contributed by atoms with E-state index in [2.05, 4.69) is 20.9 Å². The molecular weight excluding hydrogens is 523 g/mol. The van der Waals surface area contributed by atoms with E-state index < -0.39 is 29.2 Å². The van der Waals surface area contributed by atoms with Crippen LogP contribution < -0.4 is 0 Å². The van der Waals surface area contributed by atoms with Crippen LogP contribution in [0.15, 0.2) is 40.9 Å². The molecule has 162 valence electrons. The normalized spacial score (nSPS) is 13.3. The summed E-state index contributed by atoms with van der Waals surface area (Å²) < 4.78 is 82.0. The molecule has 0 aliphatic heterocycles. The van der Waals surface area contributed by atoms with Gasteiger partial charge in [-0.2, -0.15) is 26.3 Å². The predicted molar refractivity (Wildman–Crippen MR) is 106 cm³/mol. The molecule has 0 atom stereocenters. The molecule has 3 aromatic rings. The summed E-state index contributed by atoms with van der Waals surface area (Å²) in [5.41, 5.74) is -6.17. The summed E-state index contributed by atoms with van der Waals surface area (Å²) in [5.74, 6) is 0. The Balaban J connectivity index is 2.19. The number of hydrogen-bond acceptors (Lipinski definition) is 1. The van der Waals surface area contributed by atoms with Crippen LogP contribution in [0.25, 0.3) is 10.9 Å². The molecule has 0 saturated heterocycles. The molecule has 0 aliphatic carbocycles. The molecule has 1 heterocycles. The van der Waals surface area contributed by atoms with Gasteiger partial charge in [0, 0.05) is 36.7 Å². The lowest BCUT2D eigenvalue weighted by Crippen LogP contribution is -2.54. The lowest BCUT2D eigenvalue weighted by molar-refractivity contribution is -0.375. The first-order valence-corrected chi connectivity index (χ1v) is 9.90. The second-order valence-electron chi connectivity index (χ2n) is 6.65. The Hall–Kier alpha value is -1.42. The first-order chi connectivity index (χ1) is 13.7. The first-order valence-electron chi connectivity index (χ1n) is 8.35. The Morgan fingerprint density at radius 1 is 0.867 bits per heavy atom. The van der Waals surface area contributed by atoms with Crippen LogP contribution in [-0.2, 0) is 18.4 Å². The van der Waals surface area contributed by atoms with Gasteiger partial charge in [-0.05, 0) is 48.7 Å². The molecule has 2 nitrogen and oxygen atoms in total. The Kier molecular flexibility index (Phi) is 6.14. The van der Waals surface area contributed by atoms with Gasteiger partial charge in [0.05, 0.1) is 0 Å². The van der Waals surface area contributed by atoms with Crippen LogP contribution in [-0.4, -0.2) is 22.4 Å². The summed E-state index contributed by atoms with van der Waals surface area (Å²) >= 11 is 14.9. The fourth-order valence-corrected chi connectivity index (χ4v) is 4.23. The molecule has 0 fully saturated rings. The topological polar surface area (TPSA) is 36.0 Å². The zero-order valence-electron chi connectivity index (χ0n) is 14.7. The van der Waals surface area contributed by atoms with E-state index in [1.54, 1.807) is 0 Å². The number of alkyl halides is 6. The van der Waals surface area contributed by atoms with E-state index in [1.807, 2.05) is 0 Å². The van der Waals surface area contributed by atoms with Gasteiger partial charge in [0.25, 0.3) is 5.60 Å². The SMILES string of the molecule is OC(c1c(CCc2cc(Cl)cc(Cl)c2)[nH]c2cc(Br)ccc12)(C(F)(F)F)C(F)(F)F. The fourth-order valence-electron chi connectivity index (χ4n) is 3.30. The third-order valence-electron chi connectivity index (χ3n) is 4.61. The van der Waals surface area contributed by atoms with Gasteiger partial charge in [-0.3, -0.25) is 0 Å². The van der Waals surface area contributed by atoms with Crippen LogP contribution in [0.2, 0.25) is 10.0 Å². The molecule has 2 N–H and O–H groups in total. The van der Waals surface area contributed by atoms with Gasteiger partial charge < -0.3 is 10.1 Å². The highest BCUT2D eigenvalue weighted by Crippen LogP contribution is 2.53. The van der Waals surface area contributed by atoms with Crippen LogP contribution in [0, 0.1) is 0 Å². The highest BCUT2D eigenvalue weighted by molar-refractivity contribution is 9.10. The van der Waals surface area contributed by atoms with E-state index in [1.165, 1.54) is 30.3 Å². The van der Waals surface area contributed by atoms with Crippen molar-refractivity contribution in [2.75, 3.05) is 0 Å². The second kappa shape index (κ2) is 7.93. The Labute approximate surface area is 184 Å². The zero-order valence-corrected chi connectivity index (χ0v) is 17.8. The van der Waals surface area contributed by atoms with Crippen molar-refractivity contribution in [2.45, 2.75) is 30.8 Å². The van der Waals surface area contributed by atoms with Gasteiger partial charge in [-0.15, -0.1) is 0 Å². The average molecular weight is 535 g/mol. The number of rotatable bonds is 4. The third kappa shape index (κ3) is 4.17. The Bertz CT molecular complexity index is 1060. The largest absolute Gasteiger partial charge is 0.430 e. The van der Waals surface area contributed by atoms with Crippen LogP contribution in [0.1, 0.15) is 16.8 Å². The van der Waals surface area contributed by atoms with Gasteiger partial charge in [-0.25, -0.2) is 0 Å². The van der Waals surface area contributed by atoms with Gasteiger partial charge >= 0.3 is 12.4 Å². The number of benzene rings is 2. The summed E-state index contributed by atoms with van der Waals surface area (Å²) in [4.78, 5) is 2.60. The van der Waals surface area contributed by atoms with Crippen molar-refractivity contribution >= 4 is 50.0 Å². The summed E-state index contributed by atoms with van der Waals surface area (Å²) in [7, 11) is 0. The molecule has 11 heteroatoms. The molecule has 1 aromatic heterocycles. The number of aromatic nitrogens is 1. The van der Waals surface area contributed by atoms with Crippen molar-refractivity contribution in [1.29, 1.82) is 0 Å². The van der Waals surface area contributed by atoms with Gasteiger partial charge in [0.1, 0.15) is 0 Å². The van der Waals surface area contributed by atoms with E-state index in [4.69, 9.17) is 23.2 Å². The molecule has 3 rings (SSSR count). The number of aryl methyl sites for hydroxylation is 2. The van der Waals surface area contributed by atoms with Crippen molar-refractivity contribution in [3.63, 3.8) is 0 Å². The van der Waals surface area contributed by atoms with Crippen molar-refractivity contribution in [3.8, 4) is 0 Å². The number of nitrogens with one attached hydrogen (secondary N) is 1. The van der Waals surface area contributed by atoms with E-state index >= 15 is 0 Å².